The molecule has 1 atom stereocenters. The Morgan fingerprint density at radius 3 is 3.00 bits per heavy atom. The maximum Gasteiger partial charge on any atom is 0.259 e. The lowest BCUT2D eigenvalue weighted by molar-refractivity contribution is 0.0694. The van der Waals surface area contributed by atoms with Crippen LogP contribution in [0.4, 0.5) is 4.39 Å². The van der Waals surface area contributed by atoms with Crippen LogP contribution in [0.2, 0.25) is 5.02 Å². The van der Waals surface area contributed by atoms with Gasteiger partial charge in [0.25, 0.3) is 5.91 Å². The number of halogens is 2. The second-order valence-corrected chi connectivity index (χ2v) is 6.87. The van der Waals surface area contributed by atoms with E-state index < -0.39 is 11.9 Å². The van der Waals surface area contributed by atoms with Crippen molar-refractivity contribution in [3.05, 3.63) is 52.6 Å². The zero-order chi connectivity index (χ0) is 20.5. The Kier molecular flexibility index (Phi) is 5.25. The number of nitrogens with zero attached hydrogens (tertiary/aromatic N) is 4. The first-order valence-electron chi connectivity index (χ1n) is 9.01. The average Bonchev–Trinajstić information content (AvgIpc) is 3.12. The monoisotopic (exact) mass is 420 g/mol. The summed E-state index contributed by atoms with van der Waals surface area (Å²) in [5.41, 5.74) is 0.937. The number of ether oxygens (including phenoxy) is 2. The number of amides is 1. The van der Waals surface area contributed by atoms with E-state index in [0.717, 1.165) is 0 Å². The number of aromatic nitrogens is 3. The Morgan fingerprint density at radius 1 is 1.38 bits per heavy atom. The Balaban J connectivity index is 1.84. The minimum Gasteiger partial charge on any atom is -0.491 e. The maximum absolute atomic E-state index is 14.1. The topological polar surface area (TPSA) is 89.2 Å². The quantitative estimate of drug-likeness (QED) is 0.685. The number of rotatable bonds is 2. The third kappa shape index (κ3) is 3.58. The molecule has 0 spiro atoms. The van der Waals surface area contributed by atoms with Crippen molar-refractivity contribution in [2.45, 2.75) is 13.0 Å². The van der Waals surface area contributed by atoms with Gasteiger partial charge in [0.15, 0.2) is 5.65 Å². The molecule has 0 aliphatic carbocycles. The number of benzene rings is 1. The van der Waals surface area contributed by atoms with Crippen molar-refractivity contribution in [1.29, 1.82) is 0 Å². The fraction of sp³-hybridized carbons (Fsp3) is 0.316. The number of aliphatic hydroxyl groups is 1. The van der Waals surface area contributed by atoms with E-state index >= 15 is 0 Å². The van der Waals surface area contributed by atoms with Crippen LogP contribution in [0.15, 0.2) is 30.6 Å². The summed E-state index contributed by atoms with van der Waals surface area (Å²) in [6.07, 6.45) is 2.37. The minimum atomic E-state index is -0.667. The van der Waals surface area contributed by atoms with Gasteiger partial charge >= 0.3 is 0 Å². The molecule has 29 heavy (non-hydrogen) atoms. The molecule has 3 heterocycles. The van der Waals surface area contributed by atoms with Crippen molar-refractivity contribution in [3.8, 4) is 11.6 Å². The standard InChI is InChI=1S/C19H18ClFN4O4/c1-11-16-14(3-2-13(21)17(16)20)28-9-7-24(6-8-26)19(27)12-10-22-25-5-4-15(29-11)23-18(12)25/h2-5,10-11,26H,6-9H2,1H3/t11-/m1/s1. The van der Waals surface area contributed by atoms with E-state index in [1.165, 1.54) is 27.7 Å². The Bertz CT molecular complexity index is 1070. The molecule has 0 unspecified atom stereocenters. The number of aliphatic hydroxyl groups excluding tert-OH is 1. The van der Waals surface area contributed by atoms with Gasteiger partial charge in [-0.3, -0.25) is 4.79 Å². The summed E-state index contributed by atoms with van der Waals surface area (Å²) in [4.78, 5) is 18.8. The van der Waals surface area contributed by atoms with Gasteiger partial charge in [0.1, 0.15) is 29.8 Å². The molecule has 0 fully saturated rings. The van der Waals surface area contributed by atoms with Gasteiger partial charge in [-0.2, -0.15) is 10.1 Å². The molecule has 0 saturated carbocycles. The highest BCUT2D eigenvalue weighted by molar-refractivity contribution is 6.31. The van der Waals surface area contributed by atoms with E-state index in [-0.39, 0.29) is 48.7 Å². The van der Waals surface area contributed by atoms with Crippen LogP contribution in [0, 0.1) is 5.82 Å². The summed E-state index contributed by atoms with van der Waals surface area (Å²) in [6, 6.07) is 4.27. The fourth-order valence-corrected chi connectivity index (χ4v) is 3.54. The first-order valence-corrected chi connectivity index (χ1v) is 9.39. The number of fused-ring (bicyclic) bond motifs is 2. The van der Waals surface area contributed by atoms with E-state index in [0.29, 0.717) is 17.0 Å². The molecule has 4 rings (SSSR count). The van der Waals surface area contributed by atoms with Crippen molar-refractivity contribution in [2.75, 3.05) is 26.3 Å². The molecule has 10 heteroatoms. The molecular formula is C19H18ClFN4O4. The van der Waals surface area contributed by atoms with Crippen LogP contribution in [-0.4, -0.2) is 56.8 Å². The van der Waals surface area contributed by atoms with Crippen molar-refractivity contribution < 1.29 is 23.8 Å². The van der Waals surface area contributed by atoms with Gasteiger partial charge in [0.2, 0.25) is 5.88 Å². The average molecular weight is 421 g/mol. The highest BCUT2D eigenvalue weighted by Crippen LogP contribution is 2.36. The third-order valence-electron chi connectivity index (χ3n) is 4.65. The number of β-amino-alcohol motifs (C(OH)–C–C–N with tert-alkyl or cyclic N) is 1. The van der Waals surface area contributed by atoms with Gasteiger partial charge in [-0.1, -0.05) is 11.6 Å². The molecular weight excluding hydrogens is 403 g/mol. The first kappa shape index (κ1) is 19.4. The Labute approximate surface area is 170 Å². The highest BCUT2D eigenvalue weighted by Gasteiger charge is 2.25. The maximum atomic E-state index is 14.1. The molecule has 1 N–H and O–H groups in total. The second kappa shape index (κ2) is 7.84. The van der Waals surface area contributed by atoms with Crippen LogP contribution in [-0.2, 0) is 0 Å². The van der Waals surface area contributed by atoms with E-state index in [1.54, 1.807) is 19.2 Å². The van der Waals surface area contributed by atoms with Crippen molar-refractivity contribution in [3.63, 3.8) is 0 Å². The molecule has 2 bridgehead atoms. The summed E-state index contributed by atoms with van der Waals surface area (Å²) in [5.74, 6) is -0.360. The smallest absolute Gasteiger partial charge is 0.259 e. The molecule has 0 radical (unpaired) electrons. The summed E-state index contributed by atoms with van der Waals surface area (Å²) in [7, 11) is 0. The molecule has 8 nitrogen and oxygen atoms in total. The summed E-state index contributed by atoms with van der Waals surface area (Å²) < 4.78 is 27.2. The van der Waals surface area contributed by atoms with E-state index in [1.807, 2.05) is 0 Å². The molecule has 152 valence electrons. The van der Waals surface area contributed by atoms with Gasteiger partial charge in [-0.15, -0.1) is 0 Å². The second-order valence-electron chi connectivity index (χ2n) is 6.49. The molecule has 1 aliphatic heterocycles. The predicted molar refractivity (Wildman–Crippen MR) is 102 cm³/mol. The lowest BCUT2D eigenvalue weighted by atomic mass is 10.1. The molecule has 2 aromatic heterocycles. The van der Waals surface area contributed by atoms with Gasteiger partial charge in [0.05, 0.1) is 29.9 Å². The summed E-state index contributed by atoms with van der Waals surface area (Å²) in [5, 5.41) is 13.4. The van der Waals surface area contributed by atoms with Gasteiger partial charge in [-0.25, -0.2) is 8.91 Å². The largest absolute Gasteiger partial charge is 0.491 e. The van der Waals surface area contributed by atoms with Crippen LogP contribution in [0.1, 0.15) is 28.9 Å². The normalized spacial score (nSPS) is 17.2. The molecule has 1 amide bonds. The van der Waals surface area contributed by atoms with Gasteiger partial charge in [0, 0.05) is 18.8 Å². The molecule has 1 aliphatic rings. The predicted octanol–water partition coefficient (Wildman–Crippen LogP) is 2.49. The molecule has 1 aromatic carbocycles. The first-order chi connectivity index (χ1) is 14.0. The van der Waals surface area contributed by atoms with Crippen molar-refractivity contribution in [1.82, 2.24) is 19.5 Å². The number of hydrogen-bond donors (Lipinski definition) is 1. The van der Waals surface area contributed by atoms with Crippen LogP contribution in [0.5, 0.6) is 11.6 Å². The van der Waals surface area contributed by atoms with Gasteiger partial charge < -0.3 is 19.5 Å². The zero-order valence-electron chi connectivity index (χ0n) is 15.5. The highest BCUT2D eigenvalue weighted by atomic mass is 35.5. The number of carbonyl (C=O) groups is 1. The van der Waals surface area contributed by atoms with Crippen LogP contribution < -0.4 is 9.47 Å². The van der Waals surface area contributed by atoms with Crippen LogP contribution >= 0.6 is 11.6 Å². The number of carbonyl (C=O) groups excluding carboxylic acids is 1. The lowest BCUT2D eigenvalue weighted by Crippen LogP contribution is -2.36. The fourth-order valence-electron chi connectivity index (χ4n) is 3.23. The Hall–Kier alpha value is -2.91. The summed E-state index contributed by atoms with van der Waals surface area (Å²) >= 11 is 6.19. The zero-order valence-corrected chi connectivity index (χ0v) is 16.3. The number of hydrogen-bond acceptors (Lipinski definition) is 6. The molecule has 0 saturated heterocycles. The Morgan fingerprint density at radius 2 is 2.21 bits per heavy atom. The van der Waals surface area contributed by atoms with E-state index in [2.05, 4.69) is 10.1 Å². The summed E-state index contributed by atoms with van der Waals surface area (Å²) in [6.45, 7) is 1.92. The van der Waals surface area contributed by atoms with Gasteiger partial charge in [-0.05, 0) is 19.1 Å². The molecule has 3 aromatic rings. The van der Waals surface area contributed by atoms with Crippen LogP contribution in [0.25, 0.3) is 5.65 Å². The SMILES string of the molecule is C[C@H]1Oc2ccn3ncc(c3n2)C(=O)N(CCO)CCOc2ccc(F)c(Cl)c21. The lowest BCUT2D eigenvalue weighted by Gasteiger charge is -2.22. The van der Waals surface area contributed by atoms with Crippen molar-refractivity contribution >= 4 is 23.2 Å². The minimum absolute atomic E-state index is 0.0979. The van der Waals surface area contributed by atoms with Crippen LogP contribution in [0.3, 0.4) is 0 Å². The van der Waals surface area contributed by atoms with E-state index in [4.69, 9.17) is 21.1 Å². The third-order valence-corrected chi connectivity index (χ3v) is 5.03. The van der Waals surface area contributed by atoms with E-state index in [9.17, 15) is 14.3 Å². The van der Waals surface area contributed by atoms with Crippen molar-refractivity contribution in [2.24, 2.45) is 0 Å².